The summed E-state index contributed by atoms with van der Waals surface area (Å²) in [5, 5.41) is 9.27. The second kappa shape index (κ2) is 6.08. The van der Waals surface area contributed by atoms with E-state index in [9.17, 15) is 19.5 Å². The van der Waals surface area contributed by atoms with Gasteiger partial charge in [0.1, 0.15) is 12.3 Å². The lowest BCUT2D eigenvalue weighted by molar-refractivity contribution is -0.147. The molecule has 1 unspecified atom stereocenters. The molecule has 1 atom stereocenters. The van der Waals surface area contributed by atoms with Crippen LogP contribution in [0.25, 0.3) is 0 Å². The lowest BCUT2D eigenvalue weighted by atomic mass is 9.90. The van der Waals surface area contributed by atoms with Crippen LogP contribution >= 0.6 is 15.9 Å². The number of fused-ring (bicyclic) bond motifs is 1. The minimum Gasteiger partial charge on any atom is -0.482 e. The summed E-state index contributed by atoms with van der Waals surface area (Å²) in [7, 11) is 0. The van der Waals surface area contributed by atoms with E-state index in [0.717, 1.165) is 4.47 Å². The number of hydrogen-bond donors (Lipinski definition) is 1. The van der Waals surface area contributed by atoms with Gasteiger partial charge in [-0.15, -0.1) is 0 Å². The van der Waals surface area contributed by atoms with Crippen LogP contribution in [0.1, 0.15) is 13.3 Å². The number of carbonyl (C=O) groups excluding carboxylic acids is 2. The van der Waals surface area contributed by atoms with Crippen molar-refractivity contribution < 1.29 is 24.2 Å². The molecule has 8 heteroatoms. The van der Waals surface area contributed by atoms with Crippen LogP contribution in [0.5, 0.6) is 5.75 Å². The predicted octanol–water partition coefficient (Wildman–Crippen LogP) is 1.50. The Balaban J connectivity index is 1.76. The van der Waals surface area contributed by atoms with E-state index in [1.807, 2.05) is 0 Å². The maximum Gasteiger partial charge on any atom is 0.311 e. The number of hydrogen-bond acceptors (Lipinski definition) is 4. The third-order valence-electron chi connectivity index (χ3n) is 4.50. The number of halogens is 1. The highest BCUT2D eigenvalue weighted by Gasteiger charge is 2.42. The highest BCUT2D eigenvalue weighted by atomic mass is 79.9. The molecule has 0 spiro atoms. The molecular weight excluding hydrogens is 380 g/mol. The monoisotopic (exact) mass is 396 g/mol. The van der Waals surface area contributed by atoms with E-state index in [2.05, 4.69) is 15.9 Å². The molecule has 0 radical (unpaired) electrons. The smallest absolute Gasteiger partial charge is 0.311 e. The van der Waals surface area contributed by atoms with Gasteiger partial charge in [0, 0.05) is 17.6 Å². The molecule has 1 fully saturated rings. The van der Waals surface area contributed by atoms with Crippen LogP contribution in [0.3, 0.4) is 0 Å². The summed E-state index contributed by atoms with van der Waals surface area (Å²) in [4.78, 5) is 38.9. The maximum atomic E-state index is 12.5. The molecule has 0 saturated carbocycles. The first-order chi connectivity index (χ1) is 11.3. The number of likely N-dealkylation sites (tertiary alicyclic amines) is 1. The van der Waals surface area contributed by atoms with Crippen molar-refractivity contribution >= 4 is 39.4 Å². The van der Waals surface area contributed by atoms with Crippen molar-refractivity contribution in [1.82, 2.24) is 4.90 Å². The molecule has 2 amide bonds. The first-order valence-corrected chi connectivity index (χ1v) is 8.33. The number of carbonyl (C=O) groups is 3. The molecule has 1 aromatic carbocycles. The summed E-state index contributed by atoms with van der Waals surface area (Å²) in [6, 6.07) is 5.24. The van der Waals surface area contributed by atoms with Gasteiger partial charge in [-0.25, -0.2) is 0 Å². The second-order valence-corrected chi connectivity index (χ2v) is 7.23. The summed E-state index contributed by atoms with van der Waals surface area (Å²) < 4.78 is 6.21. The first kappa shape index (κ1) is 16.8. The molecule has 1 N–H and O–H groups in total. The van der Waals surface area contributed by atoms with Crippen molar-refractivity contribution in [3.8, 4) is 5.75 Å². The molecule has 2 aliphatic rings. The molecule has 1 aromatic rings. The van der Waals surface area contributed by atoms with Gasteiger partial charge >= 0.3 is 5.97 Å². The fourth-order valence-corrected chi connectivity index (χ4v) is 3.28. The number of carboxylic acid groups (broad SMARTS) is 1. The SMILES string of the molecule is CC1(C(=O)O)CCN(C(=O)CN2C(=O)COc3cc(Br)ccc32)C1. The lowest BCUT2D eigenvalue weighted by Gasteiger charge is -2.30. The number of rotatable bonds is 3. The Morgan fingerprint density at radius 2 is 2.17 bits per heavy atom. The van der Waals surface area contributed by atoms with Crippen LogP contribution in [0, 0.1) is 5.41 Å². The van der Waals surface area contributed by atoms with Gasteiger partial charge in [0.25, 0.3) is 5.91 Å². The molecule has 7 nitrogen and oxygen atoms in total. The molecule has 0 aromatic heterocycles. The van der Waals surface area contributed by atoms with E-state index in [-0.39, 0.29) is 31.5 Å². The zero-order chi connectivity index (χ0) is 17.5. The minimum absolute atomic E-state index is 0.119. The molecule has 2 heterocycles. The predicted molar refractivity (Wildman–Crippen MR) is 88.9 cm³/mol. The fraction of sp³-hybridized carbons (Fsp3) is 0.438. The molecule has 0 aliphatic carbocycles. The summed E-state index contributed by atoms with van der Waals surface area (Å²) in [6.07, 6.45) is 0.411. The Labute approximate surface area is 147 Å². The number of aliphatic carboxylic acids is 1. The Kier molecular flexibility index (Phi) is 4.25. The Morgan fingerprint density at radius 3 is 2.83 bits per heavy atom. The fourth-order valence-electron chi connectivity index (χ4n) is 2.94. The quantitative estimate of drug-likeness (QED) is 0.836. The topological polar surface area (TPSA) is 87.2 Å². The number of nitrogens with zero attached hydrogens (tertiary/aromatic N) is 2. The molecule has 1 saturated heterocycles. The molecule has 24 heavy (non-hydrogen) atoms. The number of ether oxygens (including phenoxy) is 1. The zero-order valence-corrected chi connectivity index (χ0v) is 14.7. The Hall–Kier alpha value is -2.09. The highest BCUT2D eigenvalue weighted by molar-refractivity contribution is 9.10. The summed E-state index contributed by atoms with van der Waals surface area (Å²) in [5.41, 5.74) is -0.379. The van der Waals surface area contributed by atoms with Crippen LogP contribution in [0.4, 0.5) is 5.69 Å². The van der Waals surface area contributed by atoms with Crippen molar-refractivity contribution in [3.63, 3.8) is 0 Å². The van der Waals surface area contributed by atoms with E-state index in [1.54, 1.807) is 25.1 Å². The van der Waals surface area contributed by atoms with E-state index in [4.69, 9.17) is 4.74 Å². The number of amides is 2. The standard InChI is InChI=1S/C16H17BrN2O5/c1-16(15(22)23)4-5-18(9-16)13(20)7-19-11-3-2-10(17)6-12(11)24-8-14(19)21/h2-3,6H,4-5,7-9H2,1H3,(H,22,23). The van der Waals surface area contributed by atoms with E-state index < -0.39 is 11.4 Å². The van der Waals surface area contributed by atoms with Crippen molar-refractivity contribution in [2.24, 2.45) is 5.41 Å². The van der Waals surface area contributed by atoms with Gasteiger partial charge in [0.05, 0.1) is 11.1 Å². The lowest BCUT2D eigenvalue weighted by Crippen LogP contribution is -2.46. The van der Waals surface area contributed by atoms with Crippen LogP contribution < -0.4 is 9.64 Å². The minimum atomic E-state index is -0.923. The van der Waals surface area contributed by atoms with Crippen LogP contribution in [0.2, 0.25) is 0 Å². The van der Waals surface area contributed by atoms with Gasteiger partial charge in [-0.2, -0.15) is 0 Å². The Morgan fingerprint density at radius 1 is 1.42 bits per heavy atom. The highest BCUT2D eigenvalue weighted by Crippen LogP contribution is 2.35. The second-order valence-electron chi connectivity index (χ2n) is 6.31. The van der Waals surface area contributed by atoms with Crippen LogP contribution in [0.15, 0.2) is 22.7 Å². The number of benzene rings is 1. The third-order valence-corrected chi connectivity index (χ3v) is 4.99. The van der Waals surface area contributed by atoms with Crippen molar-refractivity contribution in [2.75, 3.05) is 31.1 Å². The zero-order valence-electron chi connectivity index (χ0n) is 13.1. The summed E-state index contributed by atoms with van der Waals surface area (Å²) >= 11 is 3.34. The molecule has 0 bridgehead atoms. The van der Waals surface area contributed by atoms with Gasteiger partial charge in [-0.1, -0.05) is 15.9 Å². The maximum absolute atomic E-state index is 12.5. The molecular formula is C16H17BrN2O5. The number of carboxylic acids is 1. The summed E-state index contributed by atoms with van der Waals surface area (Å²) in [6.45, 7) is 1.94. The van der Waals surface area contributed by atoms with Gasteiger partial charge in [0.15, 0.2) is 6.61 Å². The number of anilines is 1. The van der Waals surface area contributed by atoms with Gasteiger partial charge in [-0.3, -0.25) is 19.3 Å². The van der Waals surface area contributed by atoms with E-state index >= 15 is 0 Å². The van der Waals surface area contributed by atoms with Gasteiger partial charge in [0.2, 0.25) is 5.91 Å². The molecule has 128 valence electrons. The first-order valence-electron chi connectivity index (χ1n) is 7.54. The van der Waals surface area contributed by atoms with Crippen molar-refractivity contribution in [1.29, 1.82) is 0 Å². The Bertz CT molecular complexity index is 722. The van der Waals surface area contributed by atoms with Gasteiger partial charge < -0.3 is 14.7 Å². The van der Waals surface area contributed by atoms with E-state index in [1.165, 1.54) is 9.80 Å². The molecule has 3 rings (SSSR count). The largest absolute Gasteiger partial charge is 0.482 e. The van der Waals surface area contributed by atoms with Crippen LogP contribution in [-0.2, 0) is 14.4 Å². The average Bonchev–Trinajstić information content (AvgIpc) is 2.94. The normalized spacial score (nSPS) is 23.0. The molecule has 2 aliphatic heterocycles. The van der Waals surface area contributed by atoms with E-state index in [0.29, 0.717) is 24.4 Å². The van der Waals surface area contributed by atoms with Crippen molar-refractivity contribution in [2.45, 2.75) is 13.3 Å². The third kappa shape index (κ3) is 2.98. The average molecular weight is 397 g/mol. The van der Waals surface area contributed by atoms with Gasteiger partial charge in [-0.05, 0) is 31.5 Å². The van der Waals surface area contributed by atoms with Crippen LogP contribution in [-0.4, -0.2) is 54.0 Å². The summed E-state index contributed by atoms with van der Waals surface area (Å²) in [5.74, 6) is -0.925. The van der Waals surface area contributed by atoms with Crippen molar-refractivity contribution in [3.05, 3.63) is 22.7 Å².